The Morgan fingerprint density at radius 1 is 1.29 bits per heavy atom. The molecule has 3 rings (SSSR count). The largest absolute Gasteiger partial charge is 0.480 e. The maximum atomic E-state index is 13.0. The number of aromatic nitrogens is 2. The first-order chi connectivity index (χ1) is 13.1. The SMILES string of the molecule is CC(C)n1cc2c(n1)CN(C(=O)c1cc(C#N)ccc1O[C@@H](C)C(F)(F)F)C2. The molecule has 1 aromatic carbocycles. The topological polar surface area (TPSA) is 71.2 Å². The van der Waals surface area contributed by atoms with Crippen molar-refractivity contribution in [2.45, 2.75) is 52.2 Å². The van der Waals surface area contributed by atoms with Crippen LogP contribution in [-0.4, -0.2) is 32.9 Å². The van der Waals surface area contributed by atoms with Crippen LogP contribution in [0.3, 0.4) is 0 Å². The number of alkyl halides is 3. The fourth-order valence-corrected chi connectivity index (χ4v) is 2.88. The van der Waals surface area contributed by atoms with Gasteiger partial charge in [-0.05, 0) is 39.0 Å². The van der Waals surface area contributed by atoms with Crippen LogP contribution in [0.2, 0.25) is 0 Å². The molecule has 1 atom stereocenters. The van der Waals surface area contributed by atoms with Crippen molar-refractivity contribution in [1.82, 2.24) is 14.7 Å². The zero-order valence-electron chi connectivity index (χ0n) is 15.6. The highest BCUT2D eigenvalue weighted by Gasteiger charge is 2.39. The van der Waals surface area contributed by atoms with Crippen LogP contribution in [0.15, 0.2) is 24.4 Å². The van der Waals surface area contributed by atoms with Gasteiger partial charge in [-0.3, -0.25) is 9.48 Å². The Morgan fingerprint density at radius 3 is 2.57 bits per heavy atom. The van der Waals surface area contributed by atoms with Crippen LogP contribution in [-0.2, 0) is 13.1 Å². The maximum Gasteiger partial charge on any atom is 0.425 e. The molecular weight excluding hydrogens is 373 g/mol. The van der Waals surface area contributed by atoms with Gasteiger partial charge in [-0.1, -0.05) is 0 Å². The number of nitriles is 1. The van der Waals surface area contributed by atoms with Gasteiger partial charge >= 0.3 is 6.18 Å². The van der Waals surface area contributed by atoms with Crippen LogP contribution in [0, 0.1) is 11.3 Å². The standard InChI is InChI=1S/C19H19F3N4O2/c1-11(2)26-9-14-8-25(10-16(14)24-26)18(27)15-6-13(7-23)4-5-17(15)28-12(3)19(20,21)22/h4-6,9,11-12H,8,10H2,1-3H3/t12-/m0/s1. The number of halogens is 3. The lowest BCUT2D eigenvalue weighted by Crippen LogP contribution is -2.32. The predicted molar refractivity (Wildman–Crippen MR) is 93.5 cm³/mol. The molecule has 2 heterocycles. The van der Waals surface area contributed by atoms with Gasteiger partial charge in [0, 0.05) is 24.3 Å². The molecule has 1 aliphatic heterocycles. The lowest BCUT2D eigenvalue weighted by atomic mass is 10.1. The molecule has 0 saturated carbocycles. The minimum absolute atomic E-state index is 0.0722. The number of carbonyl (C=O) groups excluding carboxylic acids is 1. The molecule has 0 bridgehead atoms. The van der Waals surface area contributed by atoms with Crippen molar-refractivity contribution in [3.8, 4) is 11.8 Å². The molecule has 0 saturated heterocycles. The number of carbonyl (C=O) groups is 1. The Bertz CT molecular complexity index is 920. The Hall–Kier alpha value is -3.02. The molecule has 28 heavy (non-hydrogen) atoms. The first kappa shape index (κ1) is 19.7. The first-order valence-electron chi connectivity index (χ1n) is 8.74. The number of amides is 1. The highest BCUT2D eigenvalue weighted by atomic mass is 19.4. The molecule has 148 valence electrons. The predicted octanol–water partition coefficient (Wildman–Crippen LogP) is 3.82. The second-order valence-electron chi connectivity index (χ2n) is 6.96. The summed E-state index contributed by atoms with van der Waals surface area (Å²) in [5.74, 6) is -0.707. The van der Waals surface area contributed by atoms with Crippen LogP contribution in [0.5, 0.6) is 5.75 Å². The van der Waals surface area contributed by atoms with Crippen LogP contribution < -0.4 is 4.74 Å². The molecule has 6 nitrogen and oxygen atoms in total. The summed E-state index contributed by atoms with van der Waals surface area (Å²) in [6, 6.07) is 5.88. The summed E-state index contributed by atoms with van der Waals surface area (Å²) < 4.78 is 45.4. The Labute approximate surface area is 160 Å². The van der Waals surface area contributed by atoms with E-state index in [9.17, 15) is 18.0 Å². The van der Waals surface area contributed by atoms with E-state index in [1.54, 1.807) is 0 Å². The van der Waals surface area contributed by atoms with Crippen molar-refractivity contribution in [2.24, 2.45) is 0 Å². The van der Waals surface area contributed by atoms with E-state index < -0.39 is 18.2 Å². The normalized spacial score (nSPS) is 14.7. The molecule has 0 N–H and O–H groups in total. The van der Waals surface area contributed by atoms with Crippen LogP contribution in [0.1, 0.15) is 54.0 Å². The Kier molecular flexibility index (Phi) is 5.06. The summed E-state index contributed by atoms with van der Waals surface area (Å²) in [7, 11) is 0. The van der Waals surface area contributed by atoms with Crippen molar-refractivity contribution in [3.05, 3.63) is 46.8 Å². The zero-order chi connectivity index (χ0) is 20.6. The molecule has 1 aliphatic rings. The minimum atomic E-state index is -4.57. The van der Waals surface area contributed by atoms with Crippen molar-refractivity contribution in [3.63, 3.8) is 0 Å². The third-order valence-electron chi connectivity index (χ3n) is 4.52. The highest BCUT2D eigenvalue weighted by molar-refractivity contribution is 5.97. The second-order valence-corrected chi connectivity index (χ2v) is 6.96. The van der Waals surface area contributed by atoms with Gasteiger partial charge in [0.05, 0.1) is 29.4 Å². The number of fused-ring (bicyclic) bond motifs is 1. The fraction of sp³-hybridized carbons (Fsp3) is 0.421. The van der Waals surface area contributed by atoms with Gasteiger partial charge in [0.2, 0.25) is 0 Å². The van der Waals surface area contributed by atoms with E-state index in [4.69, 9.17) is 10.00 Å². The summed E-state index contributed by atoms with van der Waals surface area (Å²) in [6.45, 7) is 5.39. The van der Waals surface area contributed by atoms with Crippen molar-refractivity contribution in [2.75, 3.05) is 0 Å². The smallest absolute Gasteiger partial charge is 0.425 e. The second kappa shape index (κ2) is 7.19. The van der Waals surface area contributed by atoms with E-state index in [-0.39, 0.29) is 29.5 Å². The van der Waals surface area contributed by atoms with Gasteiger partial charge in [-0.15, -0.1) is 0 Å². The fourth-order valence-electron chi connectivity index (χ4n) is 2.88. The Morgan fingerprint density at radius 2 is 2.00 bits per heavy atom. The van der Waals surface area contributed by atoms with E-state index in [1.807, 2.05) is 30.8 Å². The molecule has 0 fully saturated rings. The van der Waals surface area contributed by atoms with Gasteiger partial charge in [0.25, 0.3) is 5.91 Å². The summed E-state index contributed by atoms with van der Waals surface area (Å²) in [4.78, 5) is 14.4. The minimum Gasteiger partial charge on any atom is -0.480 e. The van der Waals surface area contributed by atoms with Crippen molar-refractivity contribution >= 4 is 5.91 Å². The summed E-state index contributed by atoms with van der Waals surface area (Å²) >= 11 is 0. The third-order valence-corrected chi connectivity index (χ3v) is 4.52. The number of hydrogen-bond acceptors (Lipinski definition) is 4. The molecule has 1 amide bonds. The molecule has 9 heteroatoms. The van der Waals surface area contributed by atoms with Crippen LogP contribution in [0.25, 0.3) is 0 Å². The van der Waals surface area contributed by atoms with E-state index >= 15 is 0 Å². The van der Waals surface area contributed by atoms with Gasteiger partial charge in [-0.2, -0.15) is 23.5 Å². The molecule has 2 aromatic rings. The van der Waals surface area contributed by atoms with E-state index in [1.165, 1.54) is 23.1 Å². The number of ether oxygens (including phenoxy) is 1. The van der Waals surface area contributed by atoms with E-state index in [2.05, 4.69) is 5.10 Å². The number of benzene rings is 1. The van der Waals surface area contributed by atoms with Crippen LogP contribution in [0.4, 0.5) is 13.2 Å². The third kappa shape index (κ3) is 3.81. The van der Waals surface area contributed by atoms with Gasteiger partial charge < -0.3 is 9.64 Å². The summed E-state index contributed by atoms with van der Waals surface area (Å²) in [5, 5.41) is 13.5. The summed E-state index contributed by atoms with van der Waals surface area (Å²) in [6.07, 6.45) is -4.79. The number of hydrogen-bond donors (Lipinski definition) is 0. The zero-order valence-corrected chi connectivity index (χ0v) is 15.6. The van der Waals surface area contributed by atoms with Gasteiger partial charge in [-0.25, -0.2) is 0 Å². The van der Waals surface area contributed by atoms with Crippen molar-refractivity contribution < 1.29 is 22.7 Å². The quantitative estimate of drug-likeness (QED) is 0.793. The van der Waals surface area contributed by atoms with Gasteiger partial charge in [0.1, 0.15) is 5.75 Å². The molecule has 1 aromatic heterocycles. The average Bonchev–Trinajstić information content (AvgIpc) is 3.19. The Balaban J connectivity index is 1.86. The molecule has 0 radical (unpaired) electrons. The maximum absolute atomic E-state index is 13.0. The number of nitrogens with zero attached hydrogens (tertiary/aromatic N) is 4. The summed E-state index contributed by atoms with van der Waals surface area (Å²) in [5.41, 5.74) is 1.74. The van der Waals surface area contributed by atoms with E-state index in [0.29, 0.717) is 6.54 Å². The highest BCUT2D eigenvalue weighted by Crippen LogP contribution is 2.31. The van der Waals surface area contributed by atoms with Crippen molar-refractivity contribution in [1.29, 1.82) is 5.26 Å². The van der Waals surface area contributed by atoms with Gasteiger partial charge in [0.15, 0.2) is 6.10 Å². The molecule has 0 unspecified atom stereocenters. The average molecular weight is 392 g/mol. The van der Waals surface area contributed by atoms with E-state index in [0.717, 1.165) is 18.2 Å². The lowest BCUT2D eigenvalue weighted by Gasteiger charge is -2.22. The lowest BCUT2D eigenvalue weighted by molar-refractivity contribution is -0.189. The molecule has 0 aliphatic carbocycles. The molecular formula is C19H19F3N4O2. The number of rotatable bonds is 4. The monoisotopic (exact) mass is 392 g/mol. The molecule has 0 spiro atoms. The van der Waals surface area contributed by atoms with Crippen LogP contribution >= 0.6 is 0 Å². The first-order valence-corrected chi connectivity index (χ1v) is 8.74.